The van der Waals surface area contributed by atoms with Crippen LogP contribution in [0.5, 0.6) is 0 Å². The van der Waals surface area contributed by atoms with E-state index in [0.29, 0.717) is 0 Å². The van der Waals surface area contributed by atoms with Crippen LogP contribution in [0.3, 0.4) is 0 Å². The first-order chi connectivity index (χ1) is 8.29. The van der Waals surface area contributed by atoms with Gasteiger partial charge >= 0.3 is 18.3 Å². The van der Waals surface area contributed by atoms with Crippen LogP contribution in [0.2, 0.25) is 0 Å². The van der Waals surface area contributed by atoms with E-state index < -0.39 is 42.4 Å². The van der Waals surface area contributed by atoms with E-state index in [9.17, 15) is 31.1 Å². The summed E-state index contributed by atoms with van der Waals surface area (Å²) in [6, 6.07) is 0. The number of hydrogen-bond acceptors (Lipinski definition) is 3. The number of aliphatic hydroxyl groups is 1. The van der Waals surface area contributed by atoms with Gasteiger partial charge in [0.1, 0.15) is 0 Å². The van der Waals surface area contributed by atoms with E-state index in [1.165, 1.54) is 6.92 Å². The van der Waals surface area contributed by atoms with E-state index in [1.54, 1.807) is 0 Å². The van der Waals surface area contributed by atoms with Crippen LogP contribution < -0.4 is 0 Å². The normalized spacial score (nSPS) is 15.5. The Balaban J connectivity index is 5.73. The summed E-state index contributed by atoms with van der Waals surface area (Å²) in [5.74, 6) is -2.64. The molecule has 0 saturated carbocycles. The molecule has 0 aliphatic rings. The van der Waals surface area contributed by atoms with Crippen LogP contribution in [0.25, 0.3) is 0 Å². The van der Waals surface area contributed by atoms with Crippen molar-refractivity contribution in [2.24, 2.45) is 5.92 Å². The maximum atomic E-state index is 12.6. The summed E-state index contributed by atoms with van der Waals surface area (Å²) in [6.45, 7) is 3.17. The molecule has 0 bridgehead atoms. The molecule has 1 atom stereocenters. The highest BCUT2D eigenvalue weighted by Crippen LogP contribution is 2.47. The summed E-state index contributed by atoms with van der Waals surface area (Å²) < 4.78 is 79.8. The molecule has 0 fully saturated rings. The van der Waals surface area contributed by atoms with Gasteiger partial charge in [0.05, 0.1) is 0 Å². The molecule has 114 valence electrons. The Kier molecular flexibility index (Phi) is 5.27. The second-order valence-corrected chi connectivity index (χ2v) is 4.27. The van der Waals surface area contributed by atoms with E-state index in [-0.39, 0.29) is 0 Å². The molecule has 0 aliphatic heterocycles. The van der Waals surface area contributed by atoms with Crippen molar-refractivity contribution in [2.45, 2.75) is 51.2 Å². The average Bonchev–Trinajstić information content (AvgIpc) is 2.20. The lowest BCUT2D eigenvalue weighted by Gasteiger charge is -2.39. The number of alkyl halides is 6. The monoisotopic (exact) mass is 296 g/mol. The van der Waals surface area contributed by atoms with Crippen molar-refractivity contribution in [3.05, 3.63) is 0 Å². The van der Waals surface area contributed by atoms with Gasteiger partial charge in [-0.2, -0.15) is 26.3 Å². The topological polar surface area (TPSA) is 46.5 Å². The molecule has 0 aromatic carbocycles. The van der Waals surface area contributed by atoms with E-state index in [2.05, 4.69) is 4.74 Å². The Morgan fingerprint density at radius 1 is 1.11 bits per heavy atom. The molecule has 0 spiro atoms. The first-order valence-electron chi connectivity index (χ1n) is 5.34. The van der Waals surface area contributed by atoms with Gasteiger partial charge in [-0.1, -0.05) is 20.8 Å². The van der Waals surface area contributed by atoms with E-state index >= 15 is 0 Å². The Labute approximate surface area is 105 Å². The Morgan fingerprint density at radius 2 is 1.47 bits per heavy atom. The van der Waals surface area contributed by atoms with Crippen molar-refractivity contribution in [2.75, 3.05) is 0 Å². The molecular weight excluding hydrogens is 282 g/mol. The van der Waals surface area contributed by atoms with Crippen LogP contribution in [0.4, 0.5) is 26.3 Å². The summed E-state index contributed by atoms with van der Waals surface area (Å²) >= 11 is 0. The predicted octanol–water partition coefficient (Wildman–Crippen LogP) is 2.82. The SMILES string of the molecule is CCC(=O)OC(C(C)C)C(O)(C(F)(F)F)C(F)(F)F. The van der Waals surface area contributed by atoms with Crippen LogP contribution >= 0.6 is 0 Å². The lowest BCUT2D eigenvalue weighted by Crippen LogP contribution is -2.66. The smallest absolute Gasteiger partial charge is 0.430 e. The maximum Gasteiger partial charge on any atom is 0.430 e. The molecule has 1 unspecified atom stereocenters. The number of ether oxygens (including phenoxy) is 1. The molecule has 3 nitrogen and oxygen atoms in total. The first kappa shape index (κ1) is 18.0. The Bertz CT molecular complexity index is 306. The van der Waals surface area contributed by atoms with Crippen molar-refractivity contribution in [1.82, 2.24) is 0 Å². The zero-order chi connectivity index (χ0) is 15.6. The molecule has 0 amide bonds. The molecule has 0 rings (SSSR count). The van der Waals surface area contributed by atoms with Gasteiger partial charge in [-0.3, -0.25) is 4.79 Å². The zero-order valence-corrected chi connectivity index (χ0v) is 10.4. The third-order valence-electron chi connectivity index (χ3n) is 2.43. The van der Waals surface area contributed by atoms with Gasteiger partial charge in [-0.25, -0.2) is 0 Å². The molecule has 1 N–H and O–H groups in total. The second kappa shape index (κ2) is 5.56. The first-order valence-corrected chi connectivity index (χ1v) is 5.34. The summed E-state index contributed by atoms with van der Waals surface area (Å²) in [5.41, 5.74) is -5.10. The number of carbonyl (C=O) groups is 1. The summed E-state index contributed by atoms with van der Waals surface area (Å²) in [7, 11) is 0. The third-order valence-corrected chi connectivity index (χ3v) is 2.43. The molecular formula is C10H14F6O3. The van der Waals surface area contributed by atoms with Crippen molar-refractivity contribution in [3.8, 4) is 0 Å². The number of halogens is 6. The fourth-order valence-corrected chi connectivity index (χ4v) is 1.41. The molecule has 0 aliphatic carbocycles. The lowest BCUT2D eigenvalue weighted by atomic mass is 9.87. The highest BCUT2D eigenvalue weighted by Gasteiger charge is 2.75. The van der Waals surface area contributed by atoms with Crippen molar-refractivity contribution < 1.29 is 41.0 Å². The summed E-state index contributed by atoms with van der Waals surface area (Å²) in [5, 5.41) is 9.13. The quantitative estimate of drug-likeness (QED) is 0.641. The molecule has 0 saturated heterocycles. The molecule has 0 radical (unpaired) electrons. The lowest BCUT2D eigenvalue weighted by molar-refractivity contribution is -0.395. The van der Waals surface area contributed by atoms with Crippen LogP contribution in [0.1, 0.15) is 27.2 Å². The number of rotatable bonds is 4. The molecule has 0 heterocycles. The minimum absolute atomic E-state index is 0.408. The van der Waals surface area contributed by atoms with Gasteiger partial charge in [0, 0.05) is 6.42 Å². The Morgan fingerprint density at radius 3 is 1.68 bits per heavy atom. The van der Waals surface area contributed by atoms with Gasteiger partial charge in [0.2, 0.25) is 0 Å². The van der Waals surface area contributed by atoms with Crippen molar-refractivity contribution >= 4 is 5.97 Å². The van der Waals surface area contributed by atoms with Crippen molar-refractivity contribution in [3.63, 3.8) is 0 Å². The highest BCUT2D eigenvalue weighted by atomic mass is 19.4. The van der Waals surface area contributed by atoms with Crippen LogP contribution in [0, 0.1) is 5.92 Å². The van der Waals surface area contributed by atoms with Gasteiger partial charge < -0.3 is 9.84 Å². The fraction of sp³-hybridized carbons (Fsp3) is 0.900. The summed E-state index contributed by atoms with van der Waals surface area (Å²) in [6.07, 6.45) is -15.2. The van der Waals surface area contributed by atoms with Gasteiger partial charge in [-0.05, 0) is 5.92 Å². The maximum absolute atomic E-state index is 12.6. The minimum atomic E-state index is -6.02. The fourth-order valence-electron chi connectivity index (χ4n) is 1.41. The van der Waals surface area contributed by atoms with Crippen LogP contribution in [0.15, 0.2) is 0 Å². The largest absolute Gasteiger partial charge is 0.458 e. The van der Waals surface area contributed by atoms with E-state index in [0.717, 1.165) is 13.8 Å². The second-order valence-electron chi connectivity index (χ2n) is 4.27. The van der Waals surface area contributed by atoms with Crippen LogP contribution in [-0.4, -0.2) is 35.1 Å². The predicted molar refractivity (Wildman–Crippen MR) is 52.1 cm³/mol. The molecule has 0 aromatic rings. The average molecular weight is 296 g/mol. The molecule has 9 heteroatoms. The van der Waals surface area contributed by atoms with E-state index in [1.807, 2.05) is 0 Å². The zero-order valence-electron chi connectivity index (χ0n) is 10.4. The standard InChI is InChI=1S/C10H14F6O3/c1-4-6(17)19-7(5(2)3)8(18,9(11,12)13)10(14,15)16/h5,7,18H,4H2,1-3H3. The van der Waals surface area contributed by atoms with Crippen LogP contribution in [-0.2, 0) is 9.53 Å². The highest BCUT2D eigenvalue weighted by molar-refractivity contribution is 5.69. The Hall–Kier alpha value is -0.990. The number of carbonyl (C=O) groups excluding carboxylic acids is 1. The molecule has 0 aromatic heterocycles. The molecule has 19 heavy (non-hydrogen) atoms. The van der Waals surface area contributed by atoms with E-state index in [4.69, 9.17) is 5.11 Å². The third kappa shape index (κ3) is 3.52. The van der Waals surface area contributed by atoms with Gasteiger partial charge in [-0.15, -0.1) is 0 Å². The van der Waals surface area contributed by atoms with Gasteiger partial charge in [0.15, 0.2) is 6.10 Å². The summed E-state index contributed by atoms with van der Waals surface area (Å²) in [4.78, 5) is 11.0. The number of hydrogen-bond donors (Lipinski definition) is 1. The minimum Gasteiger partial charge on any atom is -0.458 e. The van der Waals surface area contributed by atoms with Crippen molar-refractivity contribution in [1.29, 1.82) is 0 Å². The number of esters is 1. The van der Waals surface area contributed by atoms with Gasteiger partial charge in [0.25, 0.3) is 5.60 Å².